The zero-order valence-electron chi connectivity index (χ0n) is 9.76. The van der Waals surface area contributed by atoms with E-state index >= 15 is 0 Å². The number of esters is 1. The Labute approximate surface area is 86.0 Å². The molecule has 0 aromatic rings. The molecule has 4 heteroatoms. The maximum Gasteiger partial charge on any atom is 0.313 e. The highest BCUT2D eigenvalue weighted by atomic mass is 16.5. The van der Waals surface area contributed by atoms with Gasteiger partial charge in [-0.15, -0.1) is 0 Å². The highest BCUT2D eigenvalue weighted by Crippen LogP contribution is 2.31. The average Bonchev–Trinajstić information content (AvgIpc) is 1.99. The molecule has 0 rings (SSSR count). The number of carbonyl (C=O) groups excluding carboxylic acids is 1. The van der Waals surface area contributed by atoms with Crippen LogP contribution in [0.5, 0.6) is 0 Å². The molecule has 0 radical (unpaired) electrons. The summed E-state index contributed by atoms with van der Waals surface area (Å²) >= 11 is 0. The normalized spacial score (nSPS) is 18.5. The first-order valence-corrected chi connectivity index (χ1v) is 4.76. The summed E-state index contributed by atoms with van der Waals surface area (Å²) in [7, 11) is 1.37. The van der Waals surface area contributed by atoms with Crippen molar-refractivity contribution in [3.63, 3.8) is 0 Å². The number of nitrogens with two attached hydrogens (primary N) is 2. The molecule has 4 N–H and O–H groups in total. The molecule has 0 aliphatic rings. The van der Waals surface area contributed by atoms with Gasteiger partial charge in [0.15, 0.2) is 0 Å². The zero-order valence-corrected chi connectivity index (χ0v) is 9.76. The summed E-state index contributed by atoms with van der Waals surface area (Å²) in [6.07, 6.45) is 0.504. The van der Waals surface area contributed by atoms with Crippen molar-refractivity contribution in [2.75, 3.05) is 7.11 Å². The first kappa shape index (κ1) is 13.4. The molecule has 2 unspecified atom stereocenters. The lowest BCUT2D eigenvalue weighted by Crippen LogP contribution is -2.50. The lowest BCUT2D eigenvalue weighted by Gasteiger charge is -2.35. The number of ether oxygens (including phenoxy) is 1. The van der Waals surface area contributed by atoms with Gasteiger partial charge in [0, 0.05) is 11.6 Å². The molecule has 0 heterocycles. The molecular formula is C10H22N2O2. The van der Waals surface area contributed by atoms with Crippen molar-refractivity contribution in [3.05, 3.63) is 0 Å². The summed E-state index contributed by atoms with van der Waals surface area (Å²) < 4.78 is 4.75. The maximum atomic E-state index is 11.6. The summed E-state index contributed by atoms with van der Waals surface area (Å²) in [5.41, 5.74) is 10.5. The Morgan fingerprint density at radius 2 is 1.86 bits per heavy atom. The summed E-state index contributed by atoms with van der Waals surface area (Å²) in [6, 6.07) is -0.280. The number of carbonyl (C=O) groups is 1. The van der Waals surface area contributed by atoms with E-state index in [1.54, 1.807) is 13.8 Å². The van der Waals surface area contributed by atoms with Crippen LogP contribution in [0.1, 0.15) is 34.1 Å². The van der Waals surface area contributed by atoms with E-state index in [-0.39, 0.29) is 12.0 Å². The van der Waals surface area contributed by atoms with Crippen LogP contribution in [-0.4, -0.2) is 24.7 Å². The third-order valence-corrected chi connectivity index (χ3v) is 2.48. The fraction of sp³-hybridized carbons (Fsp3) is 0.900. The standard InChI is InChI=1S/C10H22N2O2/c1-7(11)10(4,8(13)14-5)6-9(2,3)12/h7H,6,11-12H2,1-5H3. The summed E-state index contributed by atoms with van der Waals surface area (Å²) in [6.45, 7) is 7.33. The minimum absolute atomic E-state index is 0.280. The minimum Gasteiger partial charge on any atom is -0.469 e. The van der Waals surface area contributed by atoms with Crippen molar-refractivity contribution >= 4 is 5.97 Å². The van der Waals surface area contributed by atoms with Gasteiger partial charge >= 0.3 is 5.97 Å². The van der Waals surface area contributed by atoms with Crippen LogP contribution in [0.3, 0.4) is 0 Å². The minimum atomic E-state index is -0.715. The molecule has 0 aliphatic heterocycles. The first-order valence-electron chi connectivity index (χ1n) is 4.76. The lowest BCUT2D eigenvalue weighted by molar-refractivity contribution is -0.154. The van der Waals surface area contributed by atoms with E-state index in [2.05, 4.69) is 0 Å². The lowest BCUT2D eigenvalue weighted by atomic mass is 9.74. The van der Waals surface area contributed by atoms with E-state index < -0.39 is 11.0 Å². The Morgan fingerprint density at radius 1 is 1.43 bits per heavy atom. The molecule has 2 atom stereocenters. The monoisotopic (exact) mass is 202 g/mol. The van der Waals surface area contributed by atoms with Crippen LogP contribution in [0, 0.1) is 5.41 Å². The van der Waals surface area contributed by atoms with Crippen LogP contribution >= 0.6 is 0 Å². The van der Waals surface area contributed by atoms with E-state index in [0.29, 0.717) is 6.42 Å². The van der Waals surface area contributed by atoms with Gasteiger partial charge in [-0.05, 0) is 34.1 Å². The van der Waals surface area contributed by atoms with Crippen LogP contribution < -0.4 is 11.5 Å². The molecule has 0 aromatic carbocycles. The highest BCUT2D eigenvalue weighted by molar-refractivity contribution is 5.77. The predicted molar refractivity (Wildman–Crippen MR) is 56.7 cm³/mol. The van der Waals surface area contributed by atoms with Gasteiger partial charge in [0.2, 0.25) is 0 Å². The molecule has 4 nitrogen and oxygen atoms in total. The van der Waals surface area contributed by atoms with Crippen LogP contribution in [0.15, 0.2) is 0 Å². The third kappa shape index (κ3) is 3.27. The quantitative estimate of drug-likeness (QED) is 0.656. The van der Waals surface area contributed by atoms with Crippen molar-refractivity contribution < 1.29 is 9.53 Å². The fourth-order valence-corrected chi connectivity index (χ4v) is 1.60. The smallest absolute Gasteiger partial charge is 0.313 e. The van der Waals surface area contributed by atoms with Gasteiger partial charge in [-0.1, -0.05) is 0 Å². The molecule has 14 heavy (non-hydrogen) atoms. The number of hydrogen-bond donors (Lipinski definition) is 2. The van der Waals surface area contributed by atoms with Crippen LogP contribution in [0.4, 0.5) is 0 Å². The van der Waals surface area contributed by atoms with Gasteiger partial charge in [0.25, 0.3) is 0 Å². The average molecular weight is 202 g/mol. The van der Waals surface area contributed by atoms with E-state index in [0.717, 1.165) is 0 Å². The predicted octanol–water partition coefficient (Wildman–Crippen LogP) is 0.640. The second-order valence-electron chi connectivity index (χ2n) is 4.86. The van der Waals surface area contributed by atoms with Crippen molar-refractivity contribution in [3.8, 4) is 0 Å². The van der Waals surface area contributed by atoms with Gasteiger partial charge in [-0.3, -0.25) is 4.79 Å². The SMILES string of the molecule is COC(=O)C(C)(CC(C)(C)N)C(C)N. The summed E-state index contributed by atoms with van der Waals surface area (Å²) in [5.74, 6) is -0.300. The third-order valence-electron chi connectivity index (χ3n) is 2.48. The van der Waals surface area contributed by atoms with Gasteiger partial charge in [-0.25, -0.2) is 0 Å². The highest BCUT2D eigenvalue weighted by Gasteiger charge is 2.41. The van der Waals surface area contributed by atoms with Crippen molar-refractivity contribution in [1.29, 1.82) is 0 Å². The Bertz CT molecular complexity index is 209. The second kappa shape index (κ2) is 4.28. The molecule has 84 valence electrons. The largest absolute Gasteiger partial charge is 0.469 e. The van der Waals surface area contributed by atoms with Crippen LogP contribution in [0.2, 0.25) is 0 Å². The molecule has 0 amide bonds. The van der Waals surface area contributed by atoms with Crippen molar-refractivity contribution in [1.82, 2.24) is 0 Å². The number of methoxy groups -OCH3 is 1. The zero-order chi connectivity index (χ0) is 11.6. The molecular weight excluding hydrogens is 180 g/mol. The Balaban J connectivity index is 4.83. The van der Waals surface area contributed by atoms with Crippen molar-refractivity contribution in [2.24, 2.45) is 16.9 Å². The summed E-state index contributed by atoms with van der Waals surface area (Å²) in [4.78, 5) is 11.6. The van der Waals surface area contributed by atoms with Gasteiger partial charge < -0.3 is 16.2 Å². The molecule has 0 aromatic heterocycles. The molecule has 0 saturated heterocycles. The molecule has 0 spiro atoms. The van der Waals surface area contributed by atoms with E-state index in [9.17, 15) is 4.79 Å². The summed E-state index contributed by atoms with van der Waals surface area (Å²) in [5, 5.41) is 0. The van der Waals surface area contributed by atoms with E-state index in [1.165, 1.54) is 7.11 Å². The van der Waals surface area contributed by atoms with Gasteiger partial charge in [-0.2, -0.15) is 0 Å². The van der Waals surface area contributed by atoms with Crippen molar-refractivity contribution in [2.45, 2.75) is 45.7 Å². The van der Waals surface area contributed by atoms with Crippen LogP contribution in [0.25, 0.3) is 0 Å². The van der Waals surface area contributed by atoms with Gasteiger partial charge in [0.05, 0.1) is 12.5 Å². The topological polar surface area (TPSA) is 78.3 Å². The Morgan fingerprint density at radius 3 is 2.07 bits per heavy atom. The molecule has 0 saturated carbocycles. The van der Waals surface area contributed by atoms with E-state index in [4.69, 9.17) is 16.2 Å². The second-order valence-corrected chi connectivity index (χ2v) is 4.86. The fourth-order valence-electron chi connectivity index (χ4n) is 1.60. The van der Waals surface area contributed by atoms with Crippen LogP contribution in [-0.2, 0) is 9.53 Å². The van der Waals surface area contributed by atoms with E-state index in [1.807, 2.05) is 13.8 Å². The first-order chi connectivity index (χ1) is 6.13. The Kier molecular flexibility index (Phi) is 4.09. The molecule has 0 fully saturated rings. The van der Waals surface area contributed by atoms with Gasteiger partial charge in [0.1, 0.15) is 0 Å². The molecule has 0 bridgehead atoms. The number of rotatable bonds is 4. The molecule has 0 aliphatic carbocycles. The Hall–Kier alpha value is -0.610. The number of hydrogen-bond acceptors (Lipinski definition) is 4. The maximum absolute atomic E-state index is 11.6.